The van der Waals surface area contributed by atoms with E-state index in [-0.39, 0.29) is 5.41 Å². The molecule has 0 aliphatic heterocycles. The zero-order valence-corrected chi connectivity index (χ0v) is 14.2. The maximum atomic E-state index is 6.06. The van der Waals surface area contributed by atoms with Gasteiger partial charge in [0.25, 0.3) is 0 Å². The summed E-state index contributed by atoms with van der Waals surface area (Å²) in [7, 11) is 0. The van der Waals surface area contributed by atoms with E-state index in [0.29, 0.717) is 28.4 Å². The molecule has 3 heterocycles. The van der Waals surface area contributed by atoms with Crippen LogP contribution in [0, 0.1) is 6.92 Å². The van der Waals surface area contributed by atoms with Gasteiger partial charge in [0.1, 0.15) is 5.76 Å². The topological polar surface area (TPSA) is 109 Å². The highest BCUT2D eigenvalue weighted by molar-refractivity contribution is 7.98. The Morgan fingerprint density at radius 2 is 2.09 bits per heavy atom. The quantitative estimate of drug-likeness (QED) is 0.572. The van der Waals surface area contributed by atoms with Crippen molar-refractivity contribution < 1.29 is 8.94 Å². The molecule has 0 aliphatic carbocycles. The molecule has 3 aromatic rings. The molecule has 0 amide bonds. The van der Waals surface area contributed by atoms with Gasteiger partial charge in [-0.15, -0.1) is 10.2 Å². The minimum atomic E-state index is -0.147. The van der Waals surface area contributed by atoms with Crippen LogP contribution >= 0.6 is 11.8 Å². The third-order valence-corrected chi connectivity index (χ3v) is 4.16. The Morgan fingerprint density at radius 3 is 2.70 bits per heavy atom. The Labute approximate surface area is 137 Å². The lowest BCUT2D eigenvalue weighted by molar-refractivity contribution is 0.372. The van der Waals surface area contributed by atoms with Gasteiger partial charge in [-0.1, -0.05) is 37.7 Å². The molecule has 9 heteroatoms. The molecule has 0 spiro atoms. The second kappa shape index (κ2) is 5.73. The first-order chi connectivity index (χ1) is 10.9. The lowest BCUT2D eigenvalue weighted by atomic mass is 9.96. The Kier molecular flexibility index (Phi) is 3.88. The summed E-state index contributed by atoms with van der Waals surface area (Å²) in [5, 5.41) is 12.8. The summed E-state index contributed by atoms with van der Waals surface area (Å²) >= 11 is 1.39. The zero-order valence-electron chi connectivity index (χ0n) is 13.4. The van der Waals surface area contributed by atoms with Gasteiger partial charge in [0, 0.05) is 5.41 Å². The predicted molar refractivity (Wildman–Crippen MR) is 85.2 cm³/mol. The summed E-state index contributed by atoms with van der Waals surface area (Å²) in [4.78, 5) is 4.39. The van der Waals surface area contributed by atoms with Gasteiger partial charge in [-0.25, -0.2) is 4.68 Å². The summed E-state index contributed by atoms with van der Waals surface area (Å²) in [6.45, 7) is 7.95. The average Bonchev–Trinajstić information content (AvgIpc) is 3.17. The van der Waals surface area contributed by atoms with E-state index >= 15 is 0 Å². The number of hydrogen-bond acceptors (Lipinski definition) is 8. The van der Waals surface area contributed by atoms with Crippen molar-refractivity contribution in [2.75, 3.05) is 5.84 Å². The Morgan fingerprint density at radius 1 is 1.30 bits per heavy atom. The summed E-state index contributed by atoms with van der Waals surface area (Å²) < 4.78 is 12.0. The third-order valence-electron chi connectivity index (χ3n) is 3.23. The van der Waals surface area contributed by atoms with Crippen molar-refractivity contribution in [2.45, 2.75) is 44.0 Å². The summed E-state index contributed by atoms with van der Waals surface area (Å²) in [6.07, 6.45) is 1.60. The maximum Gasteiger partial charge on any atom is 0.237 e. The van der Waals surface area contributed by atoms with Crippen LogP contribution in [-0.4, -0.2) is 25.0 Å². The van der Waals surface area contributed by atoms with Crippen molar-refractivity contribution in [3.8, 4) is 11.4 Å². The highest BCUT2D eigenvalue weighted by atomic mass is 32.2. The number of nitrogens with zero attached hydrogens (tertiary/aromatic N) is 5. The van der Waals surface area contributed by atoms with Crippen LogP contribution < -0.4 is 5.84 Å². The van der Waals surface area contributed by atoms with Gasteiger partial charge in [-0.3, -0.25) is 0 Å². The number of thioether (sulfide) groups is 1. The fourth-order valence-corrected chi connectivity index (χ4v) is 2.61. The smallest absolute Gasteiger partial charge is 0.237 e. The molecule has 0 aromatic carbocycles. The van der Waals surface area contributed by atoms with E-state index < -0.39 is 0 Å². The van der Waals surface area contributed by atoms with Crippen LogP contribution in [0.2, 0.25) is 0 Å². The predicted octanol–water partition coefficient (Wildman–Crippen LogP) is 2.53. The molecule has 8 nitrogen and oxygen atoms in total. The molecule has 0 radical (unpaired) electrons. The van der Waals surface area contributed by atoms with Crippen molar-refractivity contribution in [3.05, 3.63) is 29.8 Å². The highest BCUT2D eigenvalue weighted by Crippen LogP contribution is 2.27. The molecule has 122 valence electrons. The van der Waals surface area contributed by atoms with Crippen molar-refractivity contribution in [1.29, 1.82) is 0 Å². The van der Waals surface area contributed by atoms with E-state index in [9.17, 15) is 0 Å². The van der Waals surface area contributed by atoms with Crippen LogP contribution in [0.15, 0.2) is 26.4 Å². The molecule has 0 fully saturated rings. The minimum Gasteiger partial charge on any atom is -0.469 e. The molecule has 0 aliphatic rings. The number of aryl methyl sites for hydroxylation is 1. The van der Waals surface area contributed by atoms with Crippen molar-refractivity contribution in [3.63, 3.8) is 0 Å². The Bertz CT molecular complexity index is 813. The summed E-state index contributed by atoms with van der Waals surface area (Å²) in [5.74, 6) is 9.05. The molecule has 0 saturated heterocycles. The van der Waals surface area contributed by atoms with Gasteiger partial charge in [0.2, 0.25) is 11.0 Å². The van der Waals surface area contributed by atoms with E-state index in [2.05, 4.69) is 20.3 Å². The fraction of sp³-hybridized carbons (Fsp3) is 0.429. The molecular weight excluding hydrogens is 316 g/mol. The molecule has 23 heavy (non-hydrogen) atoms. The van der Waals surface area contributed by atoms with E-state index in [1.165, 1.54) is 16.4 Å². The second-order valence-electron chi connectivity index (χ2n) is 6.12. The van der Waals surface area contributed by atoms with Gasteiger partial charge in [0.05, 0.1) is 17.6 Å². The first-order valence-electron chi connectivity index (χ1n) is 7.07. The number of aromatic nitrogens is 5. The van der Waals surface area contributed by atoms with Gasteiger partial charge in [0.15, 0.2) is 11.6 Å². The SMILES string of the molecule is Cc1occc1-c1nnc(SCc2nc(C(C)(C)C)no2)n1N. The molecule has 0 saturated carbocycles. The number of rotatable bonds is 4. The normalized spacial score (nSPS) is 12.0. The molecule has 3 rings (SSSR count). The van der Waals surface area contributed by atoms with E-state index in [4.69, 9.17) is 14.8 Å². The molecule has 3 aromatic heterocycles. The average molecular weight is 334 g/mol. The fourth-order valence-electron chi connectivity index (χ4n) is 1.92. The van der Waals surface area contributed by atoms with E-state index in [1.54, 1.807) is 6.26 Å². The number of nitrogen functional groups attached to an aromatic ring is 1. The summed E-state index contributed by atoms with van der Waals surface area (Å²) in [6, 6.07) is 1.81. The van der Waals surface area contributed by atoms with Crippen LogP contribution in [0.5, 0.6) is 0 Å². The number of hydrogen-bond donors (Lipinski definition) is 1. The molecule has 2 N–H and O–H groups in total. The van der Waals surface area contributed by atoms with Crippen molar-refractivity contribution in [1.82, 2.24) is 25.0 Å². The van der Waals surface area contributed by atoms with Gasteiger partial charge in [-0.05, 0) is 13.0 Å². The third kappa shape index (κ3) is 3.09. The molecule has 0 unspecified atom stereocenters. The number of furan rings is 1. The lowest BCUT2D eigenvalue weighted by Gasteiger charge is -2.10. The zero-order chi connectivity index (χ0) is 16.6. The lowest BCUT2D eigenvalue weighted by Crippen LogP contribution is -2.13. The van der Waals surface area contributed by atoms with Crippen LogP contribution in [0.4, 0.5) is 0 Å². The van der Waals surface area contributed by atoms with Crippen LogP contribution in [-0.2, 0) is 11.2 Å². The maximum absolute atomic E-state index is 6.06. The highest BCUT2D eigenvalue weighted by Gasteiger charge is 2.22. The standard InChI is InChI=1S/C14H18N6O2S/c1-8-9(5-6-21-8)11-17-18-13(20(11)15)23-7-10-16-12(19-22-10)14(2,3)4/h5-6H,7,15H2,1-4H3. The molecular formula is C14H18N6O2S. The molecule has 0 atom stereocenters. The first kappa shape index (κ1) is 15.6. The van der Waals surface area contributed by atoms with Gasteiger partial charge >= 0.3 is 0 Å². The monoisotopic (exact) mass is 334 g/mol. The van der Waals surface area contributed by atoms with E-state index in [0.717, 1.165) is 11.3 Å². The first-order valence-corrected chi connectivity index (χ1v) is 8.05. The van der Waals surface area contributed by atoms with Crippen LogP contribution in [0.25, 0.3) is 11.4 Å². The Balaban J connectivity index is 1.73. The minimum absolute atomic E-state index is 0.147. The van der Waals surface area contributed by atoms with Crippen molar-refractivity contribution >= 4 is 11.8 Å². The molecule has 0 bridgehead atoms. The van der Waals surface area contributed by atoms with Crippen LogP contribution in [0.3, 0.4) is 0 Å². The largest absolute Gasteiger partial charge is 0.469 e. The Hall–Kier alpha value is -2.29. The second-order valence-corrected chi connectivity index (χ2v) is 7.06. The van der Waals surface area contributed by atoms with Crippen molar-refractivity contribution in [2.24, 2.45) is 0 Å². The van der Waals surface area contributed by atoms with Gasteiger partial charge < -0.3 is 14.8 Å². The van der Waals surface area contributed by atoms with Crippen LogP contribution in [0.1, 0.15) is 38.2 Å². The van der Waals surface area contributed by atoms with Gasteiger partial charge in [-0.2, -0.15) is 4.98 Å². The number of nitrogens with two attached hydrogens (primary N) is 1. The summed E-state index contributed by atoms with van der Waals surface area (Å²) in [5.41, 5.74) is 0.673. The van der Waals surface area contributed by atoms with E-state index in [1.807, 2.05) is 33.8 Å².